The highest BCUT2D eigenvalue weighted by Gasteiger charge is 2.30. The van der Waals surface area contributed by atoms with Crippen LogP contribution in [0.1, 0.15) is 39.5 Å². The third kappa shape index (κ3) is 5.06. The molecular formula is C16H25ClFN3O. The maximum Gasteiger partial charge on any atom is 0.222 e. The Kier molecular flexibility index (Phi) is 6.38. The lowest BCUT2D eigenvalue weighted by Crippen LogP contribution is -2.44. The maximum atomic E-state index is 14.4. The fraction of sp³-hybridized carbons (Fsp3) is 0.750. The number of likely N-dealkylation sites (tertiary alicyclic amines) is 1. The molecule has 0 spiro atoms. The molecule has 2 heterocycles. The van der Waals surface area contributed by atoms with Crippen LogP contribution < -0.4 is 4.74 Å². The average Bonchev–Trinajstić information content (AvgIpc) is 2.55. The zero-order valence-corrected chi connectivity index (χ0v) is 14.2. The second-order valence-electron chi connectivity index (χ2n) is 6.08. The van der Waals surface area contributed by atoms with E-state index < -0.39 is 5.67 Å². The molecule has 1 fully saturated rings. The summed E-state index contributed by atoms with van der Waals surface area (Å²) in [6.07, 6.45) is 6.43. The summed E-state index contributed by atoms with van der Waals surface area (Å²) < 4.78 is 20.1. The fourth-order valence-electron chi connectivity index (χ4n) is 2.77. The highest BCUT2D eigenvalue weighted by Crippen LogP contribution is 2.25. The van der Waals surface area contributed by atoms with Crippen molar-refractivity contribution in [3.05, 3.63) is 17.7 Å². The Morgan fingerprint density at radius 3 is 2.41 bits per heavy atom. The van der Waals surface area contributed by atoms with Crippen LogP contribution in [0.2, 0.25) is 5.28 Å². The molecule has 22 heavy (non-hydrogen) atoms. The number of hydrogen-bond acceptors (Lipinski definition) is 4. The predicted molar refractivity (Wildman–Crippen MR) is 86.1 cm³/mol. The molecule has 0 bridgehead atoms. The van der Waals surface area contributed by atoms with Crippen LogP contribution in [0.3, 0.4) is 0 Å². The lowest BCUT2D eigenvalue weighted by molar-refractivity contribution is 0.0568. The standard InChI is InChI=1S/C16H25ClFN3O/c1-3-16(18,4-2)12-21-7-5-13(6-8-21)11-22-14-9-19-15(17)20-10-14/h9-10,13H,3-8,11-12H2,1-2H3. The van der Waals surface area contributed by atoms with E-state index in [0.29, 0.717) is 37.7 Å². The number of halogens is 2. The Hall–Kier alpha value is -0.940. The van der Waals surface area contributed by atoms with Gasteiger partial charge in [-0.3, -0.25) is 0 Å². The lowest BCUT2D eigenvalue weighted by Gasteiger charge is -2.36. The van der Waals surface area contributed by atoms with Crippen molar-refractivity contribution < 1.29 is 9.13 Å². The number of rotatable bonds is 7. The molecule has 0 aromatic carbocycles. The van der Waals surface area contributed by atoms with E-state index in [2.05, 4.69) is 14.9 Å². The molecular weight excluding hydrogens is 305 g/mol. The Morgan fingerprint density at radius 1 is 1.27 bits per heavy atom. The van der Waals surface area contributed by atoms with E-state index in [4.69, 9.17) is 16.3 Å². The molecule has 124 valence electrons. The van der Waals surface area contributed by atoms with Gasteiger partial charge in [0.25, 0.3) is 0 Å². The van der Waals surface area contributed by atoms with E-state index in [1.807, 2.05) is 13.8 Å². The van der Waals surface area contributed by atoms with Crippen molar-refractivity contribution in [1.29, 1.82) is 0 Å². The van der Waals surface area contributed by atoms with Gasteiger partial charge in [0.1, 0.15) is 5.67 Å². The highest BCUT2D eigenvalue weighted by molar-refractivity contribution is 6.28. The summed E-state index contributed by atoms with van der Waals surface area (Å²) in [4.78, 5) is 10.0. The third-order valence-electron chi connectivity index (χ3n) is 4.56. The molecule has 1 aromatic rings. The number of nitrogens with zero attached hydrogens (tertiary/aromatic N) is 3. The molecule has 0 atom stereocenters. The third-order valence-corrected chi connectivity index (χ3v) is 4.76. The first kappa shape index (κ1) is 17.4. The molecule has 6 heteroatoms. The van der Waals surface area contributed by atoms with Gasteiger partial charge >= 0.3 is 0 Å². The molecule has 0 amide bonds. The summed E-state index contributed by atoms with van der Waals surface area (Å²) in [6.45, 7) is 6.95. The van der Waals surface area contributed by atoms with E-state index >= 15 is 0 Å². The van der Waals surface area contributed by atoms with Crippen molar-refractivity contribution >= 4 is 11.6 Å². The van der Waals surface area contributed by atoms with Gasteiger partial charge in [0, 0.05) is 6.54 Å². The Labute approximate surface area is 137 Å². The van der Waals surface area contributed by atoms with E-state index in [1.54, 1.807) is 12.4 Å². The van der Waals surface area contributed by atoms with Crippen LogP contribution in [0.4, 0.5) is 4.39 Å². The molecule has 0 unspecified atom stereocenters. The molecule has 4 nitrogen and oxygen atoms in total. The van der Waals surface area contributed by atoms with E-state index in [0.717, 1.165) is 25.9 Å². The minimum absolute atomic E-state index is 0.224. The van der Waals surface area contributed by atoms with Gasteiger partial charge in [0.15, 0.2) is 5.75 Å². The van der Waals surface area contributed by atoms with E-state index in [9.17, 15) is 4.39 Å². The summed E-state index contributed by atoms with van der Waals surface area (Å²) in [7, 11) is 0. The van der Waals surface area contributed by atoms with E-state index in [-0.39, 0.29) is 5.28 Å². The first-order valence-corrected chi connectivity index (χ1v) is 8.44. The lowest BCUT2D eigenvalue weighted by atomic mass is 9.94. The summed E-state index contributed by atoms with van der Waals surface area (Å²) in [5, 5.41) is 0.224. The van der Waals surface area contributed by atoms with E-state index in [1.165, 1.54) is 0 Å². The van der Waals surface area contributed by atoms with Crippen molar-refractivity contribution in [3.63, 3.8) is 0 Å². The summed E-state index contributed by atoms with van der Waals surface area (Å²) in [5.74, 6) is 1.15. The van der Waals surface area contributed by atoms with Crippen molar-refractivity contribution in [2.45, 2.75) is 45.2 Å². The largest absolute Gasteiger partial charge is 0.490 e. The normalized spacial score (nSPS) is 17.6. The van der Waals surface area contributed by atoms with Crippen molar-refractivity contribution in [2.75, 3.05) is 26.2 Å². The van der Waals surface area contributed by atoms with Crippen LogP contribution in [0.25, 0.3) is 0 Å². The monoisotopic (exact) mass is 329 g/mol. The maximum absolute atomic E-state index is 14.4. The van der Waals surface area contributed by atoms with Gasteiger partial charge in [-0.05, 0) is 56.3 Å². The Balaban J connectivity index is 1.72. The van der Waals surface area contributed by atoms with Crippen LogP contribution >= 0.6 is 11.6 Å². The van der Waals surface area contributed by atoms with Gasteiger partial charge in [-0.2, -0.15) is 0 Å². The Morgan fingerprint density at radius 2 is 1.86 bits per heavy atom. The van der Waals surface area contributed by atoms with Crippen LogP contribution in [-0.4, -0.2) is 46.8 Å². The van der Waals surface area contributed by atoms with Gasteiger partial charge in [-0.15, -0.1) is 0 Å². The van der Waals surface area contributed by atoms with Crippen molar-refractivity contribution in [3.8, 4) is 5.75 Å². The summed E-state index contributed by atoms with van der Waals surface area (Å²) in [5.41, 5.74) is -1.04. The molecule has 0 saturated carbocycles. The van der Waals surface area contributed by atoms with Crippen molar-refractivity contribution in [2.24, 2.45) is 5.92 Å². The van der Waals surface area contributed by atoms with Crippen LogP contribution in [0.5, 0.6) is 5.75 Å². The van der Waals surface area contributed by atoms with Gasteiger partial charge < -0.3 is 9.64 Å². The molecule has 0 aliphatic carbocycles. The number of aromatic nitrogens is 2. The number of hydrogen-bond donors (Lipinski definition) is 0. The summed E-state index contributed by atoms with van der Waals surface area (Å²) in [6, 6.07) is 0. The second-order valence-corrected chi connectivity index (χ2v) is 6.41. The second kappa shape index (κ2) is 8.06. The SMILES string of the molecule is CCC(F)(CC)CN1CCC(COc2cnc(Cl)nc2)CC1. The average molecular weight is 330 g/mol. The van der Waals surface area contributed by atoms with Gasteiger partial charge in [-0.1, -0.05) is 13.8 Å². The quantitative estimate of drug-likeness (QED) is 0.714. The fourth-order valence-corrected chi connectivity index (χ4v) is 2.87. The molecule has 0 N–H and O–H groups in total. The molecule has 1 aromatic heterocycles. The zero-order chi connectivity index (χ0) is 16.0. The smallest absolute Gasteiger partial charge is 0.222 e. The van der Waals surface area contributed by atoms with Gasteiger partial charge in [0.2, 0.25) is 5.28 Å². The molecule has 1 aliphatic heterocycles. The summed E-state index contributed by atoms with van der Waals surface area (Å²) >= 11 is 5.64. The minimum atomic E-state index is -1.04. The van der Waals surface area contributed by atoms with Crippen molar-refractivity contribution in [1.82, 2.24) is 14.9 Å². The minimum Gasteiger partial charge on any atom is -0.490 e. The molecule has 1 aliphatic rings. The molecule has 0 radical (unpaired) electrons. The number of ether oxygens (including phenoxy) is 1. The molecule has 2 rings (SSSR count). The van der Waals surface area contributed by atoms with Crippen LogP contribution in [0, 0.1) is 5.92 Å². The first-order valence-electron chi connectivity index (χ1n) is 8.06. The highest BCUT2D eigenvalue weighted by atomic mass is 35.5. The number of piperidine rings is 1. The first-order chi connectivity index (χ1) is 10.5. The topological polar surface area (TPSA) is 38.2 Å². The number of alkyl halides is 1. The Bertz CT molecular complexity index is 445. The van der Waals surface area contributed by atoms with Crippen LogP contribution in [0.15, 0.2) is 12.4 Å². The van der Waals surface area contributed by atoms with Crippen LogP contribution in [-0.2, 0) is 0 Å². The van der Waals surface area contributed by atoms with Gasteiger partial charge in [0.05, 0.1) is 19.0 Å². The van der Waals surface area contributed by atoms with Gasteiger partial charge in [-0.25, -0.2) is 14.4 Å². The molecule has 1 saturated heterocycles. The zero-order valence-electron chi connectivity index (χ0n) is 13.4. The predicted octanol–water partition coefficient (Wildman–Crippen LogP) is 3.75.